The number of hydrogen-bond donors (Lipinski definition) is 2. The van der Waals surface area contributed by atoms with Crippen LogP contribution in [-0.4, -0.2) is 36.7 Å². The zero-order chi connectivity index (χ0) is 17.0. The number of benzene rings is 1. The molecule has 2 heterocycles. The molecule has 2 N–H and O–H groups in total. The van der Waals surface area contributed by atoms with Crippen LogP contribution in [0.25, 0.3) is 10.6 Å². The fraction of sp³-hybridized carbons (Fsp3) is 0.444. The molecule has 7 heteroatoms. The molecule has 0 atom stereocenters. The molecule has 1 aromatic heterocycles. The lowest BCUT2D eigenvalue weighted by Gasteiger charge is -2.34. The summed E-state index contributed by atoms with van der Waals surface area (Å²) in [6, 6.07) is 10.1. The molecule has 136 valence electrons. The van der Waals surface area contributed by atoms with Gasteiger partial charge in [0.25, 0.3) is 5.91 Å². The summed E-state index contributed by atoms with van der Waals surface area (Å²) in [7, 11) is 1.62. The number of nitrogens with one attached hydrogen (secondary N) is 2. The summed E-state index contributed by atoms with van der Waals surface area (Å²) in [6.45, 7) is 4.09. The fourth-order valence-corrected chi connectivity index (χ4v) is 3.98. The first-order chi connectivity index (χ1) is 11.6. The van der Waals surface area contributed by atoms with Gasteiger partial charge in [0.05, 0.1) is 12.2 Å². The number of carbonyl (C=O) groups is 1. The summed E-state index contributed by atoms with van der Waals surface area (Å²) in [6.07, 6.45) is 1.40. The molecular formula is C18H24ClN3O2S. The van der Waals surface area contributed by atoms with E-state index in [1.165, 1.54) is 0 Å². The van der Waals surface area contributed by atoms with Crippen LogP contribution >= 0.6 is 23.7 Å². The monoisotopic (exact) mass is 381 g/mol. The van der Waals surface area contributed by atoms with Gasteiger partial charge in [-0.3, -0.25) is 4.79 Å². The van der Waals surface area contributed by atoms with Crippen LogP contribution in [0.4, 0.5) is 0 Å². The second-order valence-corrected chi connectivity index (χ2v) is 7.11. The number of amides is 1. The lowest BCUT2D eigenvalue weighted by molar-refractivity contribution is -0.146. The Morgan fingerprint density at radius 3 is 2.64 bits per heavy atom. The first-order valence-corrected chi connectivity index (χ1v) is 9.02. The minimum atomic E-state index is -0.702. The lowest BCUT2D eigenvalue weighted by atomic mass is 9.91. The van der Waals surface area contributed by atoms with Crippen LogP contribution in [0.2, 0.25) is 0 Å². The van der Waals surface area contributed by atoms with Gasteiger partial charge >= 0.3 is 0 Å². The van der Waals surface area contributed by atoms with Crippen molar-refractivity contribution in [1.82, 2.24) is 15.6 Å². The first kappa shape index (κ1) is 19.8. The number of thiazole rings is 1. The number of aryl methyl sites for hydroxylation is 1. The average Bonchev–Trinajstić information content (AvgIpc) is 3.01. The Balaban J connectivity index is 0.00000225. The van der Waals surface area contributed by atoms with Crippen LogP contribution in [-0.2, 0) is 16.1 Å². The van der Waals surface area contributed by atoms with Crippen LogP contribution in [0.15, 0.2) is 30.3 Å². The van der Waals surface area contributed by atoms with Gasteiger partial charge in [-0.1, -0.05) is 30.3 Å². The highest BCUT2D eigenvalue weighted by Gasteiger charge is 2.39. The summed E-state index contributed by atoms with van der Waals surface area (Å²) in [5, 5.41) is 7.30. The molecule has 1 aliphatic rings. The van der Waals surface area contributed by atoms with E-state index in [4.69, 9.17) is 4.74 Å². The van der Waals surface area contributed by atoms with Crippen LogP contribution in [0, 0.1) is 6.92 Å². The number of rotatable bonds is 5. The number of methoxy groups -OCH3 is 1. The highest BCUT2D eigenvalue weighted by Crippen LogP contribution is 2.28. The highest BCUT2D eigenvalue weighted by molar-refractivity contribution is 7.15. The third-order valence-corrected chi connectivity index (χ3v) is 5.75. The van der Waals surface area contributed by atoms with Gasteiger partial charge in [-0.05, 0) is 32.9 Å². The zero-order valence-corrected chi connectivity index (χ0v) is 16.1. The minimum Gasteiger partial charge on any atom is -0.368 e. The molecule has 0 bridgehead atoms. The van der Waals surface area contributed by atoms with Crippen LogP contribution in [0.5, 0.6) is 0 Å². The van der Waals surface area contributed by atoms with Gasteiger partial charge in [0.1, 0.15) is 10.6 Å². The Labute approximate surface area is 158 Å². The predicted molar refractivity (Wildman–Crippen MR) is 103 cm³/mol. The van der Waals surface area contributed by atoms with E-state index in [1.54, 1.807) is 18.4 Å². The van der Waals surface area contributed by atoms with E-state index in [0.29, 0.717) is 19.4 Å². The molecule has 1 aliphatic heterocycles. The largest absolute Gasteiger partial charge is 0.368 e. The van der Waals surface area contributed by atoms with Crippen molar-refractivity contribution in [3.8, 4) is 10.6 Å². The van der Waals surface area contributed by atoms with Gasteiger partial charge in [0.2, 0.25) is 0 Å². The molecular weight excluding hydrogens is 358 g/mol. The Morgan fingerprint density at radius 1 is 1.32 bits per heavy atom. The van der Waals surface area contributed by atoms with Crippen molar-refractivity contribution in [3.63, 3.8) is 0 Å². The van der Waals surface area contributed by atoms with Gasteiger partial charge in [-0.2, -0.15) is 0 Å². The number of carbonyl (C=O) groups excluding carboxylic acids is 1. The van der Waals surface area contributed by atoms with Crippen molar-refractivity contribution in [3.05, 3.63) is 40.9 Å². The van der Waals surface area contributed by atoms with Gasteiger partial charge in [0.15, 0.2) is 0 Å². The molecule has 0 aliphatic carbocycles. The Hall–Kier alpha value is -1.47. The number of ether oxygens (including phenoxy) is 1. The third-order valence-electron chi connectivity index (χ3n) is 4.54. The molecule has 0 saturated carbocycles. The van der Waals surface area contributed by atoms with Crippen molar-refractivity contribution >= 4 is 29.7 Å². The first-order valence-electron chi connectivity index (χ1n) is 8.20. The fourth-order valence-electron chi connectivity index (χ4n) is 2.97. The molecule has 3 rings (SSSR count). The van der Waals surface area contributed by atoms with Crippen LogP contribution in [0.1, 0.15) is 23.4 Å². The second-order valence-electron chi connectivity index (χ2n) is 6.02. The molecule has 25 heavy (non-hydrogen) atoms. The van der Waals surface area contributed by atoms with Crippen molar-refractivity contribution in [2.45, 2.75) is 31.9 Å². The van der Waals surface area contributed by atoms with Gasteiger partial charge < -0.3 is 15.4 Å². The lowest BCUT2D eigenvalue weighted by Crippen LogP contribution is -2.53. The van der Waals surface area contributed by atoms with E-state index >= 15 is 0 Å². The summed E-state index contributed by atoms with van der Waals surface area (Å²) in [5.74, 6) is -0.0273. The molecule has 0 unspecified atom stereocenters. The van der Waals surface area contributed by atoms with Crippen molar-refractivity contribution in [2.24, 2.45) is 0 Å². The number of aromatic nitrogens is 1. The molecule has 1 saturated heterocycles. The van der Waals surface area contributed by atoms with Crippen molar-refractivity contribution in [2.75, 3.05) is 20.2 Å². The standard InChI is InChI=1S/C18H23N3O2S.ClH/c1-13-15(24-16(21-13)14-6-4-3-5-7-14)12-20-17(22)18(23-2)8-10-19-11-9-18;/h3-7,19H,8-12H2,1-2H3,(H,20,22);1H. The Kier molecular flexibility index (Phi) is 6.95. The van der Waals surface area contributed by atoms with Crippen LogP contribution in [0.3, 0.4) is 0 Å². The zero-order valence-electron chi connectivity index (χ0n) is 14.5. The van der Waals surface area contributed by atoms with Gasteiger partial charge in [-0.15, -0.1) is 23.7 Å². The molecule has 0 radical (unpaired) electrons. The van der Waals surface area contributed by atoms with Crippen molar-refractivity contribution in [1.29, 1.82) is 0 Å². The highest BCUT2D eigenvalue weighted by atomic mass is 35.5. The maximum absolute atomic E-state index is 12.6. The topological polar surface area (TPSA) is 63.2 Å². The van der Waals surface area contributed by atoms with Crippen molar-refractivity contribution < 1.29 is 9.53 Å². The normalized spacial score (nSPS) is 16.1. The van der Waals surface area contributed by atoms with E-state index in [1.807, 2.05) is 25.1 Å². The number of nitrogens with zero attached hydrogens (tertiary/aromatic N) is 1. The minimum absolute atomic E-state index is 0. The number of hydrogen-bond acceptors (Lipinski definition) is 5. The van der Waals surface area contributed by atoms with E-state index in [0.717, 1.165) is 34.2 Å². The molecule has 2 aromatic rings. The number of piperidine rings is 1. The predicted octanol–water partition coefficient (Wildman–Crippen LogP) is 2.93. The molecule has 5 nitrogen and oxygen atoms in total. The van der Waals surface area contributed by atoms with E-state index in [9.17, 15) is 4.79 Å². The molecule has 1 amide bonds. The number of halogens is 1. The molecule has 1 fully saturated rings. The van der Waals surface area contributed by atoms with Crippen LogP contribution < -0.4 is 10.6 Å². The molecule has 0 spiro atoms. The van der Waals surface area contributed by atoms with Gasteiger partial charge in [0, 0.05) is 17.6 Å². The quantitative estimate of drug-likeness (QED) is 0.835. The van der Waals surface area contributed by atoms with E-state index in [2.05, 4.69) is 27.8 Å². The summed E-state index contributed by atoms with van der Waals surface area (Å²) in [5.41, 5.74) is 1.37. The van der Waals surface area contributed by atoms with E-state index < -0.39 is 5.60 Å². The SMILES string of the molecule is COC1(C(=O)NCc2sc(-c3ccccc3)nc2C)CCNCC1.Cl. The van der Waals surface area contributed by atoms with E-state index in [-0.39, 0.29) is 18.3 Å². The maximum Gasteiger partial charge on any atom is 0.252 e. The van der Waals surface area contributed by atoms with Gasteiger partial charge in [-0.25, -0.2) is 4.98 Å². The average molecular weight is 382 g/mol. The Bertz CT molecular complexity index is 700. The maximum atomic E-state index is 12.6. The second kappa shape index (κ2) is 8.76. The summed E-state index contributed by atoms with van der Waals surface area (Å²) in [4.78, 5) is 18.4. The third kappa shape index (κ3) is 4.39. The summed E-state index contributed by atoms with van der Waals surface area (Å²) < 4.78 is 5.57. The Morgan fingerprint density at radius 2 is 2.00 bits per heavy atom. The molecule has 1 aromatic carbocycles. The summed E-state index contributed by atoms with van der Waals surface area (Å²) >= 11 is 1.63. The smallest absolute Gasteiger partial charge is 0.252 e.